The zero-order chi connectivity index (χ0) is 19.5. The molecule has 5 heteroatoms. The van der Waals surface area contributed by atoms with Crippen LogP contribution >= 0.6 is 0 Å². The van der Waals surface area contributed by atoms with Crippen LogP contribution < -0.4 is 9.47 Å². The van der Waals surface area contributed by atoms with Gasteiger partial charge < -0.3 is 9.47 Å². The van der Waals surface area contributed by atoms with Crippen molar-refractivity contribution in [3.05, 3.63) is 95.0 Å². The molecule has 5 nitrogen and oxygen atoms in total. The second kappa shape index (κ2) is 7.48. The Balaban J connectivity index is 1.54. The van der Waals surface area contributed by atoms with Crippen LogP contribution in [0.5, 0.6) is 11.5 Å². The highest BCUT2D eigenvalue weighted by Gasteiger charge is 2.30. The summed E-state index contributed by atoms with van der Waals surface area (Å²) in [7, 11) is 0. The zero-order valence-electron chi connectivity index (χ0n) is 15.2. The third-order valence-electron chi connectivity index (χ3n) is 4.50. The van der Waals surface area contributed by atoms with Gasteiger partial charge in [-0.1, -0.05) is 30.3 Å². The highest BCUT2D eigenvalue weighted by molar-refractivity contribution is 6.15. The topological polar surface area (TPSA) is 65.5 Å². The lowest BCUT2D eigenvalue weighted by atomic mass is 10.1. The van der Waals surface area contributed by atoms with Gasteiger partial charge in [0.15, 0.2) is 18.1 Å². The molecule has 0 saturated heterocycles. The molecule has 4 rings (SSSR count). The number of ketones is 2. The predicted octanol–water partition coefficient (Wildman–Crippen LogP) is 4.27. The van der Waals surface area contributed by atoms with Crippen LogP contribution in [-0.2, 0) is 0 Å². The molecule has 0 amide bonds. The lowest BCUT2D eigenvalue weighted by molar-refractivity contribution is 0.0920. The van der Waals surface area contributed by atoms with Crippen molar-refractivity contribution >= 4 is 17.6 Å². The Morgan fingerprint density at radius 3 is 2.57 bits per heavy atom. The number of aromatic nitrogens is 1. The number of hydrogen-bond donors (Lipinski definition) is 0. The molecule has 2 aromatic carbocycles. The molecule has 0 spiro atoms. The molecule has 28 heavy (non-hydrogen) atoms. The van der Waals surface area contributed by atoms with Gasteiger partial charge in [-0.3, -0.25) is 14.6 Å². The number of rotatable bonds is 5. The summed E-state index contributed by atoms with van der Waals surface area (Å²) in [5, 5.41) is 0. The van der Waals surface area contributed by atoms with E-state index < -0.39 is 0 Å². The van der Waals surface area contributed by atoms with Gasteiger partial charge in [0.25, 0.3) is 0 Å². The van der Waals surface area contributed by atoms with E-state index in [2.05, 4.69) is 4.98 Å². The standard InChI is InChI=1S/C23H17NO4/c1-15-20(27-14-19(25)17-5-3-2-4-6-17)8-7-18-22(26)21(28-23(15)18)13-16-9-11-24-12-10-16/h2-13H,14H2,1H3/b21-13-. The van der Waals surface area contributed by atoms with Crippen molar-refractivity contribution < 1.29 is 19.1 Å². The first kappa shape index (κ1) is 17.7. The average molecular weight is 371 g/mol. The highest BCUT2D eigenvalue weighted by Crippen LogP contribution is 2.39. The summed E-state index contributed by atoms with van der Waals surface area (Å²) >= 11 is 0. The number of hydrogen-bond acceptors (Lipinski definition) is 5. The summed E-state index contributed by atoms with van der Waals surface area (Å²) in [6, 6.07) is 15.9. The monoisotopic (exact) mass is 371 g/mol. The summed E-state index contributed by atoms with van der Waals surface area (Å²) in [5.41, 5.74) is 2.59. The van der Waals surface area contributed by atoms with E-state index in [1.165, 1.54) is 0 Å². The maximum Gasteiger partial charge on any atom is 0.231 e. The third-order valence-corrected chi connectivity index (χ3v) is 4.50. The number of ether oxygens (including phenoxy) is 2. The van der Waals surface area contributed by atoms with E-state index >= 15 is 0 Å². The van der Waals surface area contributed by atoms with Gasteiger partial charge in [0.2, 0.25) is 5.78 Å². The summed E-state index contributed by atoms with van der Waals surface area (Å²) in [6.07, 6.45) is 4.99. The minimum Gasteiger partial charge on any atom is -0.485 e. The van der Waals surface area contributed by atoms with Crippen LogP contribution in [0, 0.1) is 6.92 Å². The third kappa shape index (κ3) is 3.42. The van der Waals surface area contributed by atoms with Crippen LogP contribution in [0.4, 0.5) is 0 Å². The lowest BCUT2D eigenvalue weighted by Crippen LogP contribution is -2.12. The van der Waals surface area contributed by atoms with Crippen LogP contribution in [0.1, 0.15) is 31.8 Å². The molecule has 3 aromatic rings. The largest absolute Gasteiger partial charge is 0.485 e. The molecular weight excluding hydrogens is 354 g/mol. The average Bonchev–Trinajstić information content (AvgIpc) is 3.05. The van der Waals surface area contributed by atoms with E-state index in [4.69, 9.17) is 9.47 Å². The molecule has 0 atom stereocenters. The number of pyridine rings is 1. The van der Waals surface area contributed by atoms with Crippen molar-refractivity contribution in [1.82, 2.24) is 4.98 Å². The highest BCUT2D eigenvalue weighted by atomic mass is 16.5. The van der Waals surface area contributed by atoms with Gasteiger partial charge in [-0.15, -0.1) is 0 Å². The maximum atomic E-state index is 12.6. The van der Waals surface area contributed by atoms with Crippen molar-refractivity contribution in [3.63, 3.8) is 0 Å². The van der Waals surface area contributed by atoms with E-state index in [0.717, 1.165) is 5.56 Å². The van der Waals surface area contributed by atoms with Crippen molar-refractivity contribution in [3.8, 4) is 11.5 Å². The van der Waals surface area contributed by atoms with Gasteiger partial charge >= 0.3 is 0 Å². The predicted molar refractivity (Wildman–Crippen MR) is 105 cm³/mol. The van der Waals surface area contributed by atoms with Crippen LogP contribution in [-0.4, -0.2) is 23.2 Å². The minimum absolute atomic E-state index is 0.0860. The van der Waals surface area contributed by atoms with E-state index in [1.54, 1.807) is 54.9 Å². The van der Waals surface area contributed by atoms with Crippen LogP contribution in [0.2, 0.25) is 0 Å². The number of carbonyl (C=O) groups is 2. The Morgan fingerprint density at radius 2 is 1.82 bits per heavy atom. The Kier molecular flexibility index (Phi) is 4.72. The number of nitrogens with zero attached hydrogens (tertiary/aromatic N) is 1. The molecule has 0 fully saturated rings. The molecule has 1 aromatic heterocycles. The van der Waals surface area contributed by atoms with E-state index in [9.17, 15) is 9.59 Å². The maximum absolute atomic E-state index is 12.6. The molecule has 0 unspecified atom stereocenters. The fourth-order valence-electron chi connectivity index (χ4n) is 2.99. The van der Waals surface area contributed by atoms with E-state index in [1.807, 2.05) is 25.1 Å². The molecular formula is C23H17NO4. The Labute approximate surface area is 162 Å². The quantitative estimate of drug-likeness (QED) is 0.495. The van der Waals surface area contributed by atoms with Crippen LogP contribution in [0.25, 0.3) is 6.08 Å². The van der Waals surface area contributed by atoms with Crippen molar-refractivity contribution in [2.24, 2.45) is 0 Å². The minimum atomic E-state index is -0.179. The normalized spacial score (nSPS) is 13.9. The number of carbonyl (C=O) groups excluding carboxylic acids is 2. The fraction of sp³-hybridized carbons (Fsp3) is 0.0870. The van der Waals surface area contributed by atoms with Crippen LogP contribution in [0.3, 0.4) is 0 Å². The van der Waals surface area contributed by atoms with Gasteiger partial charge in [-0.2, -0.15) is 0 Å². The first-order valence-corrected chi connectivity index (χ1v) is 8.82. The van der Waals surface area contributed by atoms with Gasteiger partial charge in [-0.05, 0) is 42.8 Å². The molecule has 0 N–H and O–H groups in total. The van der Waals surface area contributed by atoms with Crippen LogP contribution in [0.15, 0.2) is 72.8 Å². The molecule has 0 radical (unpaired) electrons. The smallest absolute Gasteiger partial charge is 0.231 e. The van der Waals surface area contributed by atoms with E-state index in [0.29, 0.717) is 28.2 Å². The first-order valence-electron chi connectivity index (χ1n) is 8.82. The second-order valence-electron chi connectivity index (χ2n) is 6.36. The second-order valence-corrected chi connectivity index (χ2v) is 6.36. The van der Waals surface area contributed by atoms with Gasteiger partial charge in [0.1, 0.15) is 11.5 Å². The number of benzene rings is 2. The molecule has 0 bridgehead atoms. The molecule has 0 saturated carbocycles. The molecule has 0 aliphatic carbocycles. The van der Waals surface area contributed by atoms with Gasteiger partial charge in [0.05, 0.1) is 5.56 Å². The van der Waals surface area contributed by atoms with E-state index in [-0.39, 0.29) is 23.9 Å². The number of Topliss-reactive ketones (excluding diaryl/α,β-unsaturated/α-hetero) is 2. The Morgan fingerprint density at radius 1 is 1.07 bits per heavy atom. The van der Waals surface area contributed by atoms with Crippen molar-refractivity contribution in [1.29, 1.82) is 0 Å². The van der Waals surface area contributed by atoms with Crippen molar-refractivity contribution in [2.75, 3.05) is 6.61 Å². The lowest BCUT2D eigenvalue weighted by Gasteiger charge is -2.11. The summed E-state index contributed by atoms with van der Waals surface area (Å²) in [4.78, 5) is 28.8. The van der Waals surface area contributed by atoms with Gasteiger partial charge in [-0.25, -0.2) is 0 Å². The molecule has 1 aliphatic rings. The molecule has 1 aliphatic heterocycles. The summed E-state index contributed by atoms with van der Waals surface area (Å²) < 4.78 is 11.5. The Hall–Kier alpha value is -3.73. The molecule has 2 heterocycles. The molecule has 138 valence electrons. The van der Waals surface area contributed by atoms with Gasteiger partial charge in [0, 0.05) is 23.5 Å². The fourth-order valence-corrected chi connectivity index (χ4v) is 2.99. The first-order chi connectivity index (χ1) is 13.6. The Bertz CT molecular complexity index is 1070. The zero-order valence-corrected chi connectivity index (χ0v) is 15.2. The number of fused-ring (bicyclic) bond motifs is 1. The number of allylic oxidation sites excluding steroid dienone is 1. The van der Waals surface area contributed by atoms with Crippen molar-refractivity contribution in [2.45, 2.75) is 6.92 Å². The summed E-state index contributed by atoms with van der Waals surface area (Å²) in [5.74, 6) is 0.940. The summed E-state index contributed by atoms with van der Waals surface area (Å²) in [6.45, 7) is 1.72. The SMILES string of the molecule is Cc1c(OCC(=O)c2ccccc2)ccc2c1O/C(=C\c1ccncc1)C2=O.